The van der Waals surface area contributed by atoms with Crippen LogP contribution in [0.2, 0.25) is 0 Å². The number of anilines is 1. The number of rotatable bonds is 11. The van der Waals surface area contributed by atoms with Crippen molar-refractivity contribution < 1.29 is 19.1 Å². The van der Waals surface area contributed by atoms with Crippen LogP contribution in [0.15, 0.2) is 84.0 Å². The molecule has 1 heterocycles. The number of carbonyl (C=O) groups is 2. The second-order valence-corrected chi connectivity index (χ2v) is 8.90. The standard InChI is InChI=1S/C27H25N5O4S/c1-19-8-7-12-22(16-19)35-14-15-36-23-13-6-5-11-21(23)18-28-30-24(33)17-25-31-32-27(37-25)29-26(34)20-9-3-2-4-10-20/h2-13,16,18H,14-15,17H2,1H3,(H,30,33)(H,29,32,34). The molecule has 4 rings (SSSR count). The largest absolute Gasteiger partial charge is 0.490 e. The molecule has 2 amide bonds. The fourth-order valence-corrected chi connectivity index (χ4v) is 3.95. The van der Waals surface area contributed by atoms with Gasteiger partial charge >= 0.3 is 0 Å². The molecule has 3 aromatic carbocycles. The molecule has 9 nitrogen and oxygen atoms in total. The van der Waals surface area contributed by atoms with Gasteiger partial charge in [-0.1, -0.05) is 53.8 Å². The van der Waals surface area contributed by atoms with Crippen LogP contribution >= 0.6 is 11.3 Å². The molecule has 0 bridgehead atoms. The molecule has 2 N–H and O–H groups in total. The molecular formula is C27H25N5O4S. The second kappa shape index (κ2) is 12.9. The van der Waals surface area contributed by atoms with Crippen molar-refractivity contribution in [2.24, 2.45) is 5.10 Å². The van der Waals surface area contributed by atoms with Crippen LogP contribution in [0, 0.1) is 6.92 Å². The van der Waals surface area contributed by atoms with Crippen molar-refractivity contribution in [2.75, 3.05) is 18.5 Å². The van der Waals surface area contributed by atoms with Crippen molar-refractivity contribution in [1.29, 1.82) is 0 Å². The van der Waals surface area contributed by atoms with Gasteiger partial charge in [0.25, 0.3) is 5.91 Å². The second-order valence-electron chi connectivity index (χ2n) is 7.84. The summed E-state index contributed by atoms with van der Waals surface area (Å²) in [7, 11) is 0. The minimum Gasteiger partial charge on any atom is -0.490 e. The van der Waals surface area contributed by atoms with Crippen molar-refractivity contribution in [3.8, 4) is 11.5 Å². The van der Waals surface area contributed by atoms with Crippen LogP contribution in [0.25, 0.3) is 0 Å². The number of hydrogen-bond acceptors (Lipinski definition) is 8. The molecule has 0 radical (unpaired) electrons. The molecule has 0 fully saturated rings. The number of amides is 2. The Kier molecular flexibility index (Phi) is 8.92. The maximum Gasteiger partial charge on any atom is 0.257 e. The van der Waals surface area contributed by atoms with E-state index >= 15 is 0 Å². The van der Waals surface area contributed by atoms with E-state index < -0.39 is 0 Å². The van der Waals surface area contributed by atoms with Crippen LogP contribution in [0.3, 0.4) is 0 Å². The summed E-state index contributed by atoms with van der Waals surface area (Å²) >= 11 is 1.13. The van der Waals surface area contributed by atoms with E-state index in [1.807, 2.05) is 61.5 Å². The number of ether oxygens (including phenoxy) is 2. The maximum absolute atomic E-state index is 12.3. The van der Waals surface area contributed by atoms with Crippen LogP contribution in [-0.4, -0.2) is 41.4 Å². The highest BCUT2D eigenvalue weighted by Crippen LogP contribution is 2.18. The van der Waals surface area contributed by atoms with Crippen LogP contribution in [0.1, 0.15) is 26.5 Å². The Bertz CT molecular complexity index is 1370. The van der Waals surface area contributed by atoms with E-state index in [0.29, 0.717) is 40.2 Å². The van der Waals surface area contributed by atoms with E-state index in [1.54, 1.807) is 24.3 Å². The Balaban J connectivity index is 1.23. The van der Waals surface area contributed by atoms with Gasteiger partial charge in [-0.05, 0) is 48.9 Å². The van der Waals surface area contributed by atoms with Crippen LogP contribution in [0.4, 0.5) is 5.13 Å². The molecule has 10 heteroatoms. The fourth-order valence-electron chi connectivity index (χ4n) is 3.22. The smallest absolute Gasteiger partial charge is 0.257 e. The predicted octanol–water partition coefficient (Wildman–Crippen LogP) is 4.25. The summed E-state index contributed by atoms with van der Waals surface area (Å²) in [6, 6.07) is 24.0. The molecule has 0 saturated heterocycles. The Morgan fingerprint density at radius 2 is 1.73 bits per heavy atom. The van der Waals surface area contributed by atoms with E-state index in [2.05, 4.69) is 26.0 Å². The zero-order valence-electron chi connectivity index (χ0n) is 20.1. The molecule has 1 aromatic heterocycles. The van der Waals surface area contributed by atoms with Gasteiger partial charge in [-0.15, -0.1) is 10.2 Å². The molecular weight excluding hydrogens is 490 g/mol. The summed E-state index contributed by atoms with van der Waals surface area (Å²) < 4.78 is 11.5. The SMILES string of the molecule is Cc1cccc(OCCOc2ccccc2C=NNC(=O)Cc2nnc(NC(=O)c3ccccc3)s2)c1. The lowest BCUT2D eigenvalue weighted by atomic mass is 10.2. The quantitative estimate of drug-likeness (QED) is 0.175. The lowest BCUT2D eigenvalue weighted by Gasteiger charge is -2.10. The van der Waals surface area contributed by atoms with Crippen molar-refractivity contribution in [1.82, 2.24) is 15.6 Å². The number of aromatic nitrogens is 2. The first-order chi connectivity index (χ1) is 18.1. The Morgan fingerprint density at radius 1 is 0.946 bits per heavy atom. The highest BCUT2D eigenvalue weighted by atomic mass is 32.1. The zero-order chi connectivity index (χ0) is 25.9. The summed E-state index contributed by atoms with van der Waals surface area (Å²) in [4.78, 5) is 24.5. The number of para-hydroxylation sites is 1. The summed E-state index contributed by atoms with van der Waals surface area (Å²) in [6.07, 6.45) is 1.49. The molecule has 4 aromatic rings. The number of hydrazone groups is 1. The number of hydrogen-bond donors (Lipinski definition) is 2. The molecule has 0 unspecified atom stereocenters. The number of nitrogens with one attached hydrogen (secondary N) is 2. The van der Waals surface area contributed by atoms with Gasteiger partial charge in [0.15, 0.2) is 0 Å². The Hall–Kier alpha value is -4.57. The minimum absolute atomic E-state index is 0.0232. The van der Waals surface area contributed by atoms with Gasteiger partial charge in [-0.2, -0.15) is 5.10 Å². The summed E-state index contributed by atoms with van der Waals surface area (Å²) in [6.45, 7) is 2.75. The lowest BCUT2D eigenvalue weighted by Crippen LogP contribution is -2.19. The Labute approximate surface area is 218 Å². The monoisotopic (exact) mass is 515 g/mol. The zero-order valence-corrected chi connectivity index (χ0v) is 20.9. The van der Waals surface area contributed by atoms with E-state index in [0.717, 1.165) is 22.6 Å². The average molecular weight is 516 g/mol. The van der Waals surface area contributed by atoms with Gasteiger partial charge in [-0.25, -0.2) is 5.43 Å². The third-order valence-corrected chi connectivity index (χ3v) is 5.78. The summed E-state index contributed by atoms with van der Waals surface area (Å²) in [5.74, 6) is 0.761. The van der Waals surface area contributed by atoms with E-state index in [1.165, 1.54) is 6.21 Å². The molecule has 0 spiro atoms. The van der Waals surface area contributed by atoms with Crippen molar-refractivity contribution >= 4 is 34.5 Å². The van der Waals surface area contributed by atoms with Gasteiger partial charge in [-0.3, -0.25) is 14.9 Å². The van der Waals surface area contributed by atoms with Gasteiger partial charge in [0, 0.05) is 11.1 Å². The fraction of sp³-hybridized carbons (Fsp3) is 0.148. The van der Waals surface area contributed by atoms with Crippen molar-refractivity contribution in [3.05, 3.63) is 101 Å². The minimum atomic E-state index is -0.363. The highest BCUT2D eigenvalue weighted by molar-refractivity contribution is 7.15. The summed E-state index contributed by atoms with van der Waals surface area (Å²) in [5.41, 5.74) is 4.82. The number of aryl methyl sites for hydroxylation is 1. The maximum atomic E-state index is 12.3. The average Bonchev–Trinajstić information content (AvgIpc) is 3.34. The third kappa shape index (κ3) is 7.97. The van der Waals surface area contributed by atoms with Crippen LogP contribution < -0.4 is 20.2 Å². The predicted molar refractivity (Wildman–Crippen MR) is 142 cm³/mol. The molecule has 0 aliphatic heterocycles. The molecule has 37 heavy (non-hydrogen) atoms. The topological polar surface area (TPSA) is 115 Å². The first-order valence-corrected chi connectivity index (χ1v) is 12.3. The van der Waals surface area contributed by atoms with Gasteiger partial charge in [0.05, 0.1) is 12.6 Å². The van der Waals surface area contributed by atoms with Crippen molar-refractivity contribution in [2.45, 2.75) is 13.3 Å². The highest BCUT2D eigenvalue weighted by Gasteiger charge is 2.12. The molecule has 188 valence electrons. The normalized spacial score (nSPS) is 10.7. The molecule has 0 aliphatic carbocycles. The Morgan fingerprint density at radius 3 is 2.57 bits per heavy atom. The molecule has 0 saturated carbocycles. The summed E-state index contributed by atoms with van der Waals surface area (Å²) in [5, 5.41) is 15.4. The first-order valence-electron chi connectivity index (χ1n) is 11.5. The van der Waals surface area contributed by atoms with Crippen LogP contribution in [-0.2, 0) is 11.2 Å². The molecule has 0 aliphatic rings. The van der Waals surface area contributed by atoms with Gasteiger partial charge in [0.1, 0.15) is 29.7 Å². The van der Waals surface area contributed by atoms with Crippen molar-refractivity contribution in [3.63, 3.8) is 0 Å². The van der Waals surface area contributed by atoms with Gasteiger partial charge in [0.2, 0.25) is 11.0 Å². The number of nitrogens with zero attached hydrogens (tertiary/aromatic N) is 3. The van der Waals surface area contributed by atoms with Gasteiger partial charge < -0.3 is 9.47 Å². The first kappa shape index (κ1) is 25.5. The number of carbonyl (C=O) groups excluding carboxylic acids is 2. The molecule has 0 atom stereocenters. The van der Waals surface area contributed by atoms with E-state index in [4.69, 9.17) is 9.47 Å². The number of benzene rings is 3. The van der Waals surface area contributed by atoms with E-state index in [9.17, 15) is 9.59 Å². The third-order valence-electron chi connectivity index (χ3n) is 4.95. The van der Waals surface area contributed by atoms with E-state index in [-0.39, 0.29) is 18.2 Å². The van der Waals surface area contributed by atoms with Crippen LogP contribution in [0.5, 0.6) is 11.5 Å². The lowest BCUT2D eigenvalue weighted by molar-refractivity contribution is -0.120.